The van der Waals surface area contributed by atoms with Crippen molar-refractivity contribution < 1.29 is 9.53 Å². The highest BCUT2D eigenvalue weighted by atomic mass is 16.5. The summed E-state index contributed by atoms with van der Waals surface area (Å²) in [4.78, 5) is 20.2. The van der Waals surface area contributed by atoms with Crippen LogP contribution in [0, 0.1) is 12.8 Å². The van der Waals surface area contributed by atoms with Gasteiger partial charge in [0, 0.05) is 30.4 Å². The van der Waals surface area contributed by atoms with Gasteiger partial charge in [0.1, 0.15) is 5.75 Å². The van der Waals surface area contributed by atoms with Gasteiger partial charge in [0.25, 0.3) is 5.91 Å². The standard InChI is InChI=1S/C27H31N3O2/c1-20-10-3-5-13-23(20)27(31)29-26(24-14-7-8-16-28-24)22-12-9-17-30(19-22)18-21-11-4-6-15-25(21)32-2/h3-8,10-11,13-16,22,26H,9,12,17-19H2,1-2H3,(H,29,31)/t22-,26+/m1/s1. The molecule has 0 aliphatic carbocycles. The molecule has 166 valence electrons. The Morgan fingerprint density at radius 1 is 1.12 bits per heavy atom. The molecule has 5 heteroatoms. The number of carbonyl (C=O) groups is 1. The maximum Gasteiger partial charge on any atom is 0.252 e. The maximum absolute atomic E-state index is 13.2. The van der Waals surface area contributed by atoms with Crippen LogP contribution in [0.1, 0.15) is 46.1 Å². The topological polar surface area (TPSA) is 54.5 Å². The molecule has 4 rings (SSSR count). The fourth-order valence-electron chi connectivity index (χ4n) is 4.62. The first-order valence-corrected chi connectivity index (χ1v) is 11.3. The van der Waals surface area contributed by atoms with Gasteiger partial charge in [-0.15, -0.1) is 0 Å². The van der Waals surface area contributed by atoms with Gasteiger partial charge in [0.05, 0.1) is 18.8 Å². The molecule has 0 radical (unpaired) electrons. The lowest BCUT2D eigenvalue weighted by Gasteiger charge is -2.37. The molecular weight excluding hydrogens is 398 g/mol. The van der Waals surface area contributed by atoms with E-state index in [-0.39, 0.29) is 17.9 Å². The van der Waals surface area contributed by atoms with Gasteiger partial charge in [0.15, 0.2) is 0 Å². The summed E-state index contributed by atoms with van der Waals surface area (Å²) in [5, 5.41) is 3.31. The smallest absolute Gasteiger partial charge is 0.252 e. The molecule has 1 amide bonds. The van der Waals surface area contributed by atoms with Crippen molar-refractivity contribution in [2.45, 2.75) is 32.4 Å². The Labute approximate surface area is 190 Å². The largest absolute Gasteiger partial charge is 0.496 e. The number of nitrogens with one attached hydrogen (secondary N) is 1. The molecule has 3 aromatic rings. The van der Waals surface area contributed by atoms with E-state index in [2.05, 4.69) is 27.3 Å². The van der Waals surface area contributed by atoms with Crippen molar-refractivity contribution in [3.8, 4) is 5.75 Å². The number of aromatic nitrogens is 1. The molecule has 2 heterocycles. The summed E-state index contributed by atoms with van der Waals surface area (Å²) in [5.41, 5.74) is 3.80. The fourth-order valence-corrected chi connectivity index (χ4v) is 4.62. The number of amides is 1. The number of aryl methyl sites for hydroxylation is 1. The van der Waals surface area contributed by atoms with Gasteiger partial charge in [-0.25, -0.2) is 0 Å². The molecule has 1 aliphatic rings. The van der Waals surface area contributed by atoms with E-state index < -0.39 is 0 Å². The van der Waals surface area contributed by atoms with Crippen LogP contribution < -0.4 is 10.1 Å². The van der Waals surface area contributed by atoms with Gasteiger partial charge in [-0.1, -0.05) is 42.5 Å². The lowest BCUT2D eigenvalue weighted by molar-refractivity contribution is 0.0874. The van der Waals surface area contributed by atoms with Gasteiger partial charge in [-0.2, -0.15) is 0 Å². The Kier molecular flexibility index (Phi) is 7.17. The summed E-state index contributed by atoms with van der Waals surface area (Å²) in [5.74, 6) is 1.16. The molecular formula is C27H31N3O2. The lowest BCUT2D eigenvalue weighted by atomic mass is 9.87. The van der Waals surface area contributed by atoms with Crippen LogP contribution in [0.2, 0.25) is 0 Å². The van der Waals surface area contributed by atoms with Gasteiger partial charge < -0.3 is 10.1 Å². The molecule has 0 unspecified atom stereocenters. The first-order chi connectivity index (χ1) is 15.7. The third-order valence-electron chi connectivity index (χ3n) is 6.28. The van der Waals surface area contributed by atoms with Crippen LogP contribution in [-0.4, -0.2) is 36.0 Å². The second-order valence-corrected chi connectivity index (χ2v) is 8.47. The number of hydrogen-bond donors (Lipinski definition) is 1. The quantitative estimate of drug-likeness (QED) is 0.587. The molecule has 1 saturated heterocycles. The van der Waals surface area contributed by atoms with Gasteiger partial charge in [0.2, 0.25) is 0 Å². The fraction of sp³-hybridized carbons (Fsp3) is 0.333. The minimum Gasteiger partial charge on any atom is -0.496 e. The number of benzene rings is 2. The lowest BCUT2D eigenvalue weighted by Crippen LogP contribution is -2.43. The normalized spacial score (nSPS) is 17.5. The van der Waals surface area contributed by atoms with Crippen molar-refractivity contribution in [3.63, 3.8) is 0 Å². The Bertz CT molecular complexity index is 1040. The summed E-state index contributed by atoms with van der Waals surface area (Å²) in [6.45, 7) is 4.74. The number of carbonyl (C=O) groups excluding carboxylic acids is 1. The van der Waals surface area contributed by atoms with Crippen LogP contribution >= 0.6 is 0 Å². The van der Waals surface area contributed by atoms with E-state index in [1.54, 1.807) is 13.3 Å². The SMILES string of the molecule is COc1ccccc1CN1CCC[C@@H]([C@H](NC(=O)c2ccccc2C)c2ccccn2)C1. The van der Waals surface area contributed by atoms with Crippen LogP contribution in [0.5, 0.6) is 5.75 Å². The Morgan fingerprint density at radius 2 is 1.91 bits per heavy atom. The van der Waals surface area contributed by atoms with Gasteiger partial charge >= 0.3 is 0 Å². The van der Waals surface area contributed by atoms with Crippen LogP contribution in [0.4, 0.5) is 0 Å². The molecule has 5 nitrogen and oxygen atoms in total. The van der Waals surface area contributed by atoms with E-state index in [4.69, 9.17) is 4.74 Å². The molecule has 1 N–H and O–H groups in total. The average Bonchev–Trinajstić information content (AvgIpc) is 2.84. The average molecular weight is 430 g/mol. The van der Waals surface area contributed by atoms with Crippen molar-refractivity contribution in [3.05, 3.63) is 95.3 Å². The van der Waals surface area contributed by atoms with E-state index in [0.29, 0.717) is 0 Å². The zero-order valence-corrected chi connectivity index (χ0v) is 18.8. The third-order valence-corrected chi connectivity index (χ3v) is 6.28. The van der Waals surface area contributed by atoms with Gasteiger partial charge in [-0.3, -0.25) is 14.7 Å². The summed E-state index contributed by atoms with van der Waals surface area (Å²) in [7, 11) is 1.72. The number of likely N-dealkylation sites (tertiary alicyclic amines) is 1. The van der Waals surface area contributed by atoms with Crippen LogP contribution in [0.15, 0.2) is 72.9 Å². The van der Waals surface area contributed by atoms with Crippen molar-refractivity contribution >= 4 is 5.91 Å². The number of hydrogen-bond acceptors (Lipinski definition) is 4. The number of methoxy groups -OCH3 is 1. The number of rotatable bonds is 7. The molecule has 1 fully saturated rings. The predicted molar refractivity (Wildman–Crippen MR) is 127 cm³/mol. The van der Waals surface area contributed by atoms with Crippen molar-refractivity contribution in [1.82, 2.24) is 15.2 Å². The number of nitrogens with zero attached hydrogens (tertiary/aromatic N) is 2. The van der Waals surface area contributed by atoms with Crippen molar-refractivity contribution in [2.24, 2.45) is 5.92 Å². The number of pyridine rings is 1. The van der Waals surface area contributed by atoms with Crippen molar-refractivity contribution in [1.29, 1.82) is 0 Å². The Hall–Kier alpha value is -3.18. The molecule has 32 heavy (non-hydrogen) atoms. The van der Waals surface area contributed by atoms with E-state index in [1.807, 2.05) is 61.5 Å². The highest BCUT2D eigenvalue weighted by Gasteiger charge is 2.31. The number of para-hydroxylation sites is 1. The van der Waals surface area contributed by atoms with Crippen molar-refractivity contribution in [2.75, 3.05) is 20.2 Å². The van der Waals surface area contributed by atoms with E-state index in [1.165, 1.54) is 5.56 Å². The second-order valence-electron chi connectivity index (χ2n) is 8.47. The monoisotopic (exact) mass is 429 g/mol. The van der Waals surface area contributed by atoms with Gasteiger partial charge in [-0.05, 0) is 62.1 Å². The molecule has 0 bridgehead atoms. The summed E-state index contributed by atoms with van der Waals surface area (Å²) >= 11 is 0. The third kappa shape index (κ3) is 5.17. The minimum atomic E-state index is -0.135. The zero-order chi connectivity index (χ0) is 22.3. The molecule has 2 aromatic carbocycles. The maximum atomic E-state index is 13.2. The first kappa shape index (κ1) is 22.0. The van der Waals surface area contributed by atoms with Crippen LogP contribution in [0.3, 0.4) is 0 Å². The van der Waals surface area contributed by atoms with Crippen LogP contribution in [0.25, 0.3) is 0 Å². The zero-order valence-electron chi connectivity index (χ0n) is 18.8. The Morgan fingerprint density at radius 3 is 2.69 bits per heavy atom. The molecule has 2 atom stereocenters. The highest BCUT2D eigenvalue weighted by Crippen LogP contribution is 2.31. The summed E-state index contributed by atoms with van der Waals surface area (Å²) in [6, 6.07) is 21.7. The van der Waals surface area contributed by atoms with E-state index >= 15 is 0 Å². The molecule has 0 saturated carbocycles. The number of piperidine rings is 1. The first-order valence-electron chi connectivity index (χ1n) is 11.3. The second kappa shape index (κ2) is 10.4. The summed E-state index contributed by atoms with van der Waals surface area (Å²) in [6.07, 6.45) is 3.94. The highest BCUT2D eigenvalue weighted by molar-refractivity contribution is 5.95. The van der Waals surface area contributed by atoms with E-state index in [0.717, 1.165) is 55.0 Å². The Balaban J connectivity index is 1.54. The molecule has 1 aliphatic heterocycles. The molecule has 0 spiro atoms. The van der Waals surface area contributed by atoms with E-state index in [9.17, 15) is 4.79 Å². The summed E-state index contributed by atoms with van der Waals surface area (Å²) < 4.78 is 5.55. The number of ether oxygens (including phenoxy) is 1. The predicted octanol–water partition coefficient (Wildman–Crippen LogP) is 4.78. The van der Waals surface area contributed by atoms with Crippen LogP contribution in [-0.2, 0) is 6.54 Å². The minimum absolute atomic E-state index is 0.0411. The molecule has 1 aromatic heterocycles.